The van der Waals surface area contributed by atoms with Crippen LogP contribution in [0.2, 0.25) is 0 Å². The summed E-state index contributed by atoms with van der Waals surface area (Å²) in [6, 6.07) is 9.36. The third-order valence-electron chi connectivity index (χ3n) is 1.45. The van der Waals surface area contributed by atoms with E-state index < -0.39 is 0 Å². The molecule has 0 bridgehead atoms. The van der Waals surface area contributed by atoms with Crippen LogP contribution >= 0.6 is 11.8 Å². The van der Waals surface area contributed by atoms with Gasteiger partial charge in [0.15, 0.2) is 5.17 Å². The first-order valence-electron chi connectivity index (χ1n) is 3.68. The predicted molar refractivity (Wildman–Crippen MR) is 54.4 cm³/mol. The Morgan fingerprint density at radius 3 is 3.00 bits per heavy atom. The molecule has 3 nitrogen and oxygen atoms in total. The van der Waals surface area contributed by atoms with E-state index in [1.54, 1.807) is 12.1 Å². The molecule has 0 aliphatic heterocycles. The van der Waals surface area contributed by atoms with Gasteiger partial charge in [0, 0.05) is 5.75 Å². The number of rotatable bonds is 2. The maximum absolute atomic E-state index is 8.62. The number of hydrogen-bond donors (Lipinski definition) is 2. The Balaban J connectivity index is 2.68. The summed E-state index contributed by atoms with van der Waals surface area (Å²) >= 11 is 1.26. The van der Waals surface area contributed by atoms with Crippen molar-refractivity contribution in [2.45, 2.75) is 5.75 Å². The molecule has 4 heteroatoms. The average Bonchev–Trinajstić information content (AvgIpc) is 2.15. The van der Waals surface area contributed by atoms with Gasteiger partial charge in [-0.3, -0.25) is 5.41 Å². The minimum atomic E-state index is 0.0994. The SMILES string of the molecule is N#Cc1cccc(CSC(=N)N)c1. The van der Waals surface area contributed by atoms with Crippen LogP contribution in [0, 0.1) is 16.7 Å². The van der Waals surface area contributed by atoms with E-state index in [4.69, 9.17) is 16.4 Å². The average molecular weight is 191 g/mol. The third kappa shape index (κ3) is 3.18. The van der Waals surface area contributed by atoms with Gasteiger partial charge < -0.3 is 5.73 Å². The van der Waals surface area contributed by atoms with Crippen LogP contribution in [-0.4, -0.2) is 5.17 Å². The molecule has 0 aliphatic carbocycles. The maximum atomic E-state index is 8.62. The highest BCUT2D eigenvalue weighted by Crippen LogP contribution is 2.12. The van der Waals surface area contributed by atoms with Crippen molar-refractivity contribution in [1.82, 2.24) is 0 Å². The summed E-state index contributed by atoms with van der Waals surface area (Å²) in [5.41, 5.74) is 6.85. The molecule has 3 N–H and O–H groups in total. The Labute approximate surface area is 81.1 Å². The molecule has 0 radical (unpaired) electrons. The van der Waals surface area contributed by atoms with Gasteiger partial charge in [-0.05, 0) is 17.7 Å². The molecule has 0 heterocycles. The summed E-state index contributed by atoms with van der Waals surface area (Å²) in [6.45, 7) is 0. The van der Waals surface area contributed by atoms with Gasteiger partial charge in [0.05, 0.1) is 11.6 Å². The Morgan fingerprint density at radius 1 is 1.62 bits per heavy atom. The zero-order chi connectivity index (χ0) is 9.68. The largest absolute Gasteiger partial charge is 0.379 e. The number of thioether (sulfide) groups is 1. The van der Waals surface area contributed by atoms with Crippen LogP contribution in [0.1, 0.15) is 11.1 Å². The minimum absolute atomic E-state index is 0.0994. The van der Waals surface area contributed by atoms with Crippen molar-refractivity contribution in [2.75, 3.05) is 0 Å². The van der Waals surface area contributed by atoms with Crippen molar-refractivity contribution in [3.8, 4) is 6.07 Å². The second kappa shape index (κ2) is 4.53. The predicted octanol–water partition coefficient (Wildman–Crippen LogP) is 1.68. The zero-order valence-corrected chi connectivity index (χ0v) is 7.77. The summed E-state index contributed by atoms with van der Waals surface area (Å²) in [4.78, 5) is 0. The fourth-order valence-corrected chi connectivity index (χ4v) is 1.39. The van der Waals surface area contributed by atoms with Gasteiger partial charge in [-0.25, -0.2) is 0 Å². The standard InChI is InChI=1S/C9H9N3S/c10-5-7-2-1-3-8(4-7)6-13-9(11)12/h1-4H,6H2,(H3,11,12). The highest BCUT2D eigenvalue weighted by atomic mass is 32.2. The molecular weight excluding hydrogens is 182 g/mol. The van der Waals surface area contributed by atoms with E-state index in [1.807, 2.05) is 12.1 Å². The first-order valence-corrected chi connectivity index (χ1v) is 4.67. The van der Waals surface area contributed by atoms with Crippen LogP contribution in [0.25, 0.3) is 0 Å². The zero-order valence-electron chi connectivity index (χ0n) is 6.95. The molecule has 0 spiro atoms. The van der Waals surface area contributed by atoms with Crippen molar-refractivity contribution in [1.29, 1.82) is 10.7 Å². The number of nitrogens with two attached hydrogens (primary N) is 1. The molecule has 1 rings (SSSR count). The molecule has 1 aromatic rings. The number of nitrogens with zero attached hydrogens (tertiary/aromatic N) is 1. The van der Waals surface area contributed by atoms with E-state index in [-0.39, 0.29) is 5.17 Å². The molecule has 13 heavy (non-hydrogen) atoms. The summed E-state index contributed by atoms with van der Waals surface area (Å²) in [7, 11) is 0. The molecule has 0 saturated carbocycles. The van der Waals surface area contributed by atoms with Gasteiger partial charge in [-0.1, -0.05) is 23.9 Å². The van der Waals surface area contributed by atoms with E-state index in [0.29, 0.717) is 11.3 Å². The van der Waals surface area contributed by atoms with Crippen LogP contribution in [0.5, 0.6) is 0 Å². The van der Waals surface area contributed by atoms with Gasteiger partial charge >= 0.3 is 0 Å². The molecule has 0 amide bonds. The normalized spacial score (nSPS) is 9.15. The van der Waals surface area contributed by atoms with Crippen molar-refractivity contribution >= 4 is 16.9 Å². The van der Waals surface area contributed by atoms with E-state index in [1.165, 1.54) is 11.8 Å². The summed E-state index contributed by atoms with van der Waals surface area (Å²) in [6.07, 6.45) is 0. The quantitative estimate of drug-likeness (QED) is 0.551. The lowest BCUT2D eigenvalue weighted by molar-refractivity contribution is 1.39. The number of nitrogens with one attached hydrogen (secondary N) is 1. The Kier molecular flexibility index (Phi) is 3.35. The van der Waals surface area contributed by atoms with Gasteiger partial charge in [0.1, 0.15) is 0 Å². The highest BCUT2D eigenvalue weighted by molar-refractivity contribution is 8.13. The molecular formula is C9H9N3S. The molecule has 0 atom stereocenters. The van der Waals surface area contributed by atoms with Crippen molar-refractivity contribution in [3.63, 3.8) is 0 Å². The van der Waals surface area contributed by atoms with Gasteiger partial charge in [0.2, 0.25) is 0 Å². The molecule has 0 saturated heterocycles. The first-order chi connectivity index (χ1) is 6.22. The van der Waals surface area contributed by atoms with Crippen LogP contribution in [-0.2, 0) is 5.75 Å². The van der Waals surface area contributed by atoms with E-state index >= 15 is 0 Å². The lowest BCUT2D eigenvalue weighted by Crippen LogP contribution is -2.03. The molecule has 0 fully saturated rings. The third-order valence-corrected chi connectivity index (χ3v) is 2.24. The summed E-state index contributed by atoms with van der Waals surface area (Å²) in [5.74, 6) is 0.644. The summed E-state index contributed by atoms with van der Waals surface area (Å²) in [5, 5.41) is 15.7. The van der Waals surface area contributed by atoms with E-state index in [2.05, 4.69) is 6.07 Å². The lowest BCUT2D eigenvalue weighted by Gasteiger charge is -1.99. The smallest absolute Gasteiger partial charge is 0.151 e. The minimum Gasteiger partial charge on any atom is -0.379 e. The van der Waals surface area contributed by atoms with Crippen LogP contribution in [0.3, 0.4) is 0 Å². The Bertz CT molecular complexity index is 354. The lowest BCUT2D eigenvalue weighted by atomic mass is 10.2. The van der Waals surface area contributed by atoms with Crippen LogP contribution < -0.4 is 5.73 Å². The Morgan fingerprint density at radius 2 is 2.38 bits per heavy atom. The number of hydrogen-bond acceptors (Lipinski definition) is 3. The second-order valence-corrected chi connectivity index (χ2v) is 3.48. The van der Waals surface area contributed by atoms with E-state index in [9.17, 15) is 0 Å². The second-order valence-electron chi connectivity index (χ2n) is 2.47. The van der Waals surface area contributed by atoms with Gasteiger partial charge in [-0.15, -0.1) is 0 Å². The fourth-order valence-electron chi connectivity index (χ4n) is 0.892. The maximum Gasteiger partial charge on any atom is 0.151 e. The molecule has 0 aromatic heterocycles. The topological polar surface area (TPSA) is 73.7 Å². The number of benzene rings is 1. The molecule has 0 unspecified atom stereocenters. The monoisotopic (exact) mass is 191 g/mol. The van der Waals surface area contributed by atoms with Crippen LogP contribution in [0.4, 0.5) is 0 Å². The van der Waals surface area contributed by atoms with E-state index in [0.717, 1.165) is 5.56 Å². The summed E-state index contributed by atoms with van der Waals surface area (Å²) < 4.78 is 0. The van der Waals surface area contributed by atoms with Crippen molar-refractivity contribution in [2.24, 2.45) is 5.73 Å². The highest BCUT2D eigenvalue weighted by Gasteiger charge is 1.96. The number of amidine groups is 1. The molecule has 0 aliphatic rings. The fraction of sp³-hybridized carbons (Fsp3) is 0.111. The molecule has 1 aromatic carbocycles. The Hall–Kier alpha value is -1.47. The van der Waals surface area contributed by atoms with Crippen molar-refractivity contribution in [3.05, 3.63) is 35.4 Å². The number of nitriles is 1. The van der Waals surface area contributed by atoms with Crippen molar-refractivity contribution < 1.29 is 0 Å². The van der Waals surface area contributed by atoms with Gasteiger partial charge in [-0.2, -0.15) is 5.26 Å². The van der Waals surface area contributed by atoms with Crippen LogP contribution in [0.15, 0.2) is 24.3 Å². The molecule has 66 valence electrons. The first kappa shape index (κ1) is 9.62. The van der Waals surface area contributed by atoms with Gasteiger partial charge in [0.25, 0.3) is 0 Å².